The van der Waals surface area contributed by atoms with E-state index in [-0.39, 0.29) is 18.9 Å². The average molecular weight is 113 g/mol. The van der Waals surface area contributed by atoms with E-state index >= 15 is 0 Å². The van der Waals surface area contributed by atoms with Crippen LogP contribution in [-0.2, 0) is 0 Å². The summed E-state index contributed by atoms with van der Waals surface area (Å²) in [7, 11) is 0. The molecule has 1 nitrogen and oxygen atoms in total. The molecule has 0 aliphatic carbocycles. The van der Waals surface area contributed by atoms with E-state index in [0.717, 1.165) is 0 Å². The summed E-state index contributed by atoms with van der Waals surface area (Å²) >= 11 is 0. The van der Waals surface area contributed by atoms with E-state index in [1.807, 2.05) is 19.1 Å². The first kappa shape index (κ1) is 8.62. The number of rotatable bonds is 0. The zero-order valence-electron chi connectivity index (χ0n) is 5.81. The predicted octanol–water partition coefficient (Wildman–Crippen LogP) is -0.317. The third-order valence-electron chi connectivity index (χ3n) is 1.05. The van der Waals surface area contributed by atoms with Gasteiger partial charge in [0.15, 0.2) is 0 Å². The molecule has 1 rings (SSSR count). The quantitative estimate of drug-likeness (QED) is 0.412. The first-order valence-corrected chi connectivity index (χ1v) is 2.57. The molecule has 0 aliphatic heterocycles. The molecule has 2 heteroatoms. The standard InChI is InChI=1S/C7H8N.Li/c1-6-2-4-7(8)5-3-6;/h2-5,8H,1H3;/q-1;+1. The summed E-state index contributed by atoms with van der Waals surface area (Å²) in [5.74, 6) is 0. The van der Waals surface area contributed by atoms with Crippen LogP contribution in [0.2, 0.25) is 0 Å². The fourth-order valence-corrected chi connectivity index (χ4v) is 0.554. The molecule has 0 aromatic heterocycles. The first-order chi connectivity index (χ1) is 3.79. The summed E-state index contributed by atoms with van der Waals surface area (Å²) in [6, 6.07) is 7.44. The van der Waals surface area contributed by atoms with Crippen LogP contribution in [0.1, 0.15) is 5.56 Å². The van der Waals surface area contributed by atoms with Gasteiger partial charge in [-0.2, -0.15) is 0 Å². The molecule has 0 saturated carbocycles. The summed E-state index contributed by atoms with van der Waals surface area (Å²) < 4.78 is 0. The van der Waals surface area contributed by atoms with Crippen LogP contribution < -0.4 is 18.9 Å². The molecule has 0 amide bonds. The monoisotopic (exact) mass is 113 g/mol. The van der Waals surface area contributed by atoms with Crippen molar-refractivity contribution < 1.29 is 18.9 Å². The fraction of sp³-hybridized carbons (Fsp3) is 0.143. The summed E-state index contributed by atoms with van der Waals surface area (Å²) in [4.78, 5) is 0. The molecular formula is C7H8LiN. The van der Waals surface area contributed by atoms with Crippen LogP contribution in [0.5, 0.6) is 0 Å². The minimum Gasteiger partial charge on any atom is -0.699 e. The Labute approximate surface area is 67.4 Å². The van der Waals surface area contributed by atoms with E-state index in [1.54, 1.807) is 12.1 Å². The van der Waals surface area contributed by atoms with Crippen molar-refractivity contribution in [1.29, 1.82) is 0 Å². The van der Waals surface area contributed by atoms with Gasteiger partial charge in [0, 0.05) is 0 Å². The molecule has 0 radical (unpaired) electrons. The van der Waals surface area contributed by atoms with Crippen molar-refractivity contribution in [2.75, 3.05) is 0 Å². The van der Waals surface area contributed by atoms with Gasteiger partial charge in [-0.15, -0.1) is 5.69 Å². The smallest absolute Gasteiger partial charge is 0.699 e. The van der Waals surface area contributed by atoms with Gasteiger partial charge in [0.25, 0.3) is 0 Å². The van der Waals surface area contributed by atoms with E-state index in [2.05, 4.69) is 0 Å². The second-order valence-corrected chi connectivity index (χ2v) is 1.87. The average Bonchev–Trinajstić information content (AvgIpc) is 1.77. The molecule has 1 N–H and O–H groups in total. The topological polar surface area (TPSA) is 23.8 Å². The Hall–Kier alpha value is -0.383. The molecule has 0 atom stereocenters. The Morgan fingerprint density at radius 3 is 1.89 bits per heavy atom. The molecule has 0 heterocycles. The van der Waals surface area contributed by atoms with Crippen molar-refractivity contribution in [3.05, 3.63) is 35.6 Å². The van der Waals surface area contributed by atoms with Crippen LogP contribution in [0.4, 0.5) is 5.69 Å². The van der Waals surface area contributed by atoms with Crippen molar-refractivity contribution in [2.24, 2.45) is 0 Å². The number of aryl methyl sites for hydroxylation is 1. The minimum absolute atomic E-state index is 0. The fourth-order valence-electron chi connectivity index (χ4n) is 0.554. The van der Waals surface area contributed by atoms with Gasteiger partial charge in [-0.05, 0) is 6.92 Å². The van der Waals surface area contributed by atoms with Crippen LogP contribution in [0.3, 0.4) is 0 Å². The van der Waals surface area contributed by atoms with Gasteiger partial charge in [0.2, 0.25) is 0 Å². The maximum absolute atomic E-state index is 7.09. The largest absolute Gasteiger partial charge is 1.00 e. The molecule has 0 spiro atoms. The normalized spacial score (nSPS) is 8.11. The zero-order chi connectivity index (χ0) is 5.98. The molecule has 0 saturated heterocycles. The molecule has 0 unspecified atom stereocenters. The van der Waals surface area contributed by atoms with Crippen molar-refractivity contribution >= 4 is 5.69 Å². The molecule has 0 aliphatic rings. The van der Waals surface area contributed by atoms with E-state index < -0.39 is 0 Å². The Kier molecular flexibility index (Phi) is 3.45. The molecule has 9 heavy (non-hydrogen) atoms. The van der Waals surface area contributed by atoms with Crippen LogP contribution in [0.15, 0.2) is 24.3 Å². The van der Waals surface area contributed by atoms with Crippen LogP contribution in [0.25, 0.3) is 5.73 Å². The van der Waals surface area contributed by atoms with Crippen molar-refractivity contribution in [2.45, 2.75) is 6.92 Å². The summed E-state index contributed by atoms with van der Waals surface area (Å²) in [5, 5.41) is 0. The van der Waals surface area contributed by atoms with E-state index in [0.29, 0.717) is 5.69 Å². The Bertz CT molecular complexity index is 148. The zero-order valence-corrected chi connectivity index (χ0v) is 5.81. The van der Waals surface area contributed by atoms with Gasteiger partial charge in [-0.25, -0.2) is 0 Å². The number of nitrogens with one attached hydrogen (secondary N) is 1. The van der Waals surface area contributed by atoms with Gasteiger partial charge >= 0.3 is 18.9 Å². The van der Waals surface area contributed by atoms with Gasteiger partial charge in [0.05, 0.1) is 0 Å². The predicted molar refractivity (Wildman–Crippen MR) is 35.2 cm³/mol. The van der Waals surface area contributed by atoms with Crippen LogP contribution in [0, 0.1) is 6.92 Å². The number of benzene rings is 1. The summed E-state index contributed by atoms with van der Waals surface area (Å²) in [6.07, 6.45) is 0. The molecule has 1 aromatic rings. The second-order valence-electron chi connectivity index (χ2n) is 1.87. The SMILES string of the molecule is Cc1ccc([NH-])cc1.[Li+]. The van der Waals surface area contributed by atoms with Crippen molar-refractivity contribution in [3.63, 3.8) is 0 Å². The molecule has 0 bridgehead atoms. The van der Waals surface area contributed by atoms with E-state index in [9.17, 15) is 0 Å². The van der Waals surface area contributed by atoms with Crippen LogP contribution >= 0.6 is 0 Å². The Balaban J connectivity index is 0.000000640. The Morgan fingerprint density at radius 1 is 1.11 bits per heavy atom. The number of hydrogen-bond acceptors (Lipinski definition) is 0. The molecular weight excluding hydrogens is 105 g/mol. The maximum Gasteiger partial charge on any atom is 1.00 e. The third-order valence-corrected chi connectivity index (χ3v) is 1.05. The van der Waals surface area contributed by atoms with E-state index in [4.69, 9.17) is 5.73 Å². The van der Waals surface area contributed by atoms with Gasteiger partial charge in [-0.1, -0.05) is 29.8 Å². The minimum atomic E-state index is 0. The Morgan fingerprint density at radius 2 is 1.56 bits per heavy atom. The van der Waals surface area contributed by atoms with Gasteiger partial charge in [0.1, 0.15) is 0 Å². The second kappa shape index (κ2) is 3.61. The van der Waals surface area contributed by atoms with Crippen molar-refractivity contribution in [3.8, 4) is 0 Å². The molecule has 1 aromatic carbocycles. The maximum atomic E-state index is 7.09. The molecule has 0 fully saturated rings. The van der Waals surface area contributed by atoms with Crippen LogP contribution in [-0.4, -0.2) is 0 Å². The number of hydrogen-bond donors (Lipinski definition) is 0. The molecule has 42 valence electrons. The third kappa shape index (κ3) is 2.60. The first-order valence-electron chi connectivity index (χ1n) is 2.57. The summed E-state index contributed by atoms with van der Waals surface area (Å²) in [5.41, 5.74) is 8.88. The van der Waals surface area contributed by atoms with Gasteiger partial charge < -0.3 is 5.73 Å². The van der Waals surface area contributed by atoms with Crippen molar-refractivity contribution in [1.82, 2.24) is 0 Å². The van der Waals surface area contributed by atoms with Gasteiger partial charge in [-0.3, -0.25) is 0 Å². The summed E-state index contributed by atoms with van der Waals surface area (Å²) in [6.45, 7) is 2.01. The van der Waals surface area contributed by atoms with E-state index in [1.165, 1.54) is 5.56 Å².